The van der Waals surface area contributed by atoms with Crippen molar-refractivity contribution in [1.82, 2.24) is 15.1 Å². The average Bonchev–Trinajstić information content (AvgIpc) is 3.09. The molecule has 1 aromatic heterocycles. The first-order chi connectivity index (χ1) is 14.5. The summed E-state index contributed by atoms with van der Waals surface area (Å²) in [4.78, 5) is 25.0. The monoisotopic (exact) mass is 403 g/mol. The summed E-state index contributed by atoms with van der Waals surface area (Å²) in [5.41, 5.74) is 8.58. The summed E-state index contributed by atoms with van der Waals surface area (Å²) in [7, 11) is 0. The molecule has 7 heteroatoms. The number of benzene rings is 2. The summed E-state index contributed by atoms with van der Waals surface area (Å²) in [5, 5.41) is 16.7. The first-order valence-electron chi connectivity index (χ1n) is 9.98. The molecule has 3 rings (SSSR count). The van der Waals surface area contributed by atoms with Crippen LogP contribution >= 0.6 is 0 Å². The number of nitrogens with one attached hydrogen (secondary N) is 1. The van der Waals surface area contributed by atoms with Crippen molar-refractivity contribution in [1.29, 1.82) is 5.26 Å². The molecular formula is C23H25N5O2. The molecule has 0 aliphatic heterocycles. The number of amides is 2. The number of unbranched alkanes of at least 4 members (excludes halogenated alkanes) is 2. The number of aromatic nitrogens is 2. The highest BCUT2D eigenvalue weighted by atomic mass is 16.2. The highest BCUT2D eigenvalue weighted by molar-refractivity contribution is 6.06. The van der Waals surface area contributed by atoms with Crippen molar-refractivity contribution in [3.63, 3.8) is 0 Å². The minimum atomic E-state index is -0.833. The molecule has 2 amide bonds. The van der Waals surface area contributed by atoms with Gasteiger partial charge in [0.1, 0.15) is 6.04 Å². The highest BCUT2D eigenvalue weighted by Crippen LogP contribution is 2.21. The van der Waals surface area contributed by atoms with Gasteiger partial charge in [0.25, 0.3) is 5.91 Å². The molecule has 30 heavy (non-hydrogen) atoms. The molecule has 0 bridgehead atoms. The van der Waals surface area contributed by atoms with Gasteiger partial charge < -0.3 is 11.1 Å². The zero-order valence-electron chi connectivity index (χ0n) is 17.0. The maximum Gasteiger partial charge on any atom is 0.273 e. The van der Waals surface area contributed by atoms with Crippen molar-refractivity contribution >= 4 is 22.7 Å². The molecule has 0 aliphatic carbocycles. The Bertz CT molecular complexity index is 1080. The fourth-order valence-electron chi connectivity index (χ4n) is 3.40. The Morgan fingerprint density at radius 1 is 1.20 bits per heavy atom. The third kappa shape index (κ3) is 5.03. The maximum atomic E-state index is 13.0. The minimum Gasteiger partial charge on any atom is -0.368 e. The van der Waals surface area contributed by atoms with E-state index in [0.717, 1.165) is 34.9 Å². The number of nitrogens with zero attached hydrogens (tertiary/aromatic N) is 3. The highest BCUT2D eigenvalue weighted by Gasteiger charge is 2.23. The second kappa shape index (κ2) is 9.70. The van der Waals surface area contributed by atoms with E-state index < -0.39 is 17.9 Å². The number of primary amides is 1. The summed E-state index contributed by atoms with van der Waals surface area (Å²) in [6, 6.07) is 16.5. The van der Waals surface area contributed by atoms with Gasteiger partial charge >= 0.3 is 0 Å². The Kier molecular flexibility index (Phi) is 6.81. The lowest BCUT2D eigenvalue weighted by Gasteiger charge is -2.15. The van der Waals surface area contributed by atoms with E-state index in [2.05, 4.69) is 16.5 Å². The van der Waals surface area contributed by atoms with Crippen molar-refractivity contribution in [3.8, 4) is 6.07 Å². The third-order valence-corrected chi connectivity index (χ3v) is 4.96. The fraction of sp³-hybridized carbons (Fsp3) is 0.304. The predicted molar refractivity (Wildman–Crippen MR) is 115 cm³/mol. The van der Waals surface area contributed by atoms with Gasteiger partial charge in [-0.15, -0.1) is 0 Å². The van der Waals surface area contributed by atoms with E-state index in [9.17, 15) is 9.59 Å². The van der Waals surface area contributed by atoms with Gasteiger partial charge in [0.2, 0.25) is 5.91 Å². The molecule has 1 heterocycles. The Morgan fingerprint density at radius 3 is 2.67 bits per heavy atom. The lowest BCUT2D eigenvalue weighted by atomic mass is 10.0. The van der Waals surface area contributed by atoms with Crippen LogP contribution in [0.2, 0.25) is 0 Å². The van der Waals surface area contributed by atoms with Crippen molar-refractivity contribution in [2.75, 3.05) is 0 Å². The van der Waals surface area contributed by atoms with Gasteiger partial charge in [-0.3, -0.25) is 14.3 Å². The van der Waals surface area contributed by atoms with E-state index in [4.69, 9.17) is 11.0 Å². The number of rotatable bonds is 9. The lowest BCUT2D eigenvalue weighted by Crippen LogP contribution is -2.46. The van der Waals surface area contributed by atoms with Crippen LogP contribution in [0.3, 0.4) is 0 Å². The van der Waals surface area contributed by atoms with Gasteiger partial charge in [-0.1, -0.05) is 42.0 Å². The SMILES string of the molecule is Cc1ccc2c(c1)c(C(=O)N[C@@H](Cc1ccccc1)C(N)=O)nn2CCCCC#N. The van der Waals surface area contributed by atoms with Crippen LogP contribution in [0.15, 0.2) is 48.5 Å². The fourth-order valence-corrected chi connectivity index (χ4v) is 3.40. The summed E-state index contributed by atoms with van der Waals surface area (Å²) in [5.74, 6) is -1.02. The number of nitriles is 1. The topological polar surface area (TPSA) is 114 Å². The molecule has 1 atom stereocenters. The number of carbonyl (C=O) groups excluding carboxylic acids is 2. The molecule has 0 spiro atoms. The Labute approximate surface area is 175 Å². The average molecular weight is 403 g/mol. The minimum absolute atomic E-state index is 0.272. The first kappa shape index (κ1) is 21.1. The number of carbonyl (C=O) groups is 2. The van der Waals surface area contributed by atoms with Crippen LogP contribution in [0.4, 0.5) is 0 Å². The van der Waals surface area contributed by atoms with E-state index in [1.54, 1.807) is 4.68 Å². The third-order valence-electron chi connectivity index (χ3n) is 4.96. The van der Waals surface area contributed by atoms with E-state index in [0.29, 0.717) is 19.4 Å². The molecule has 2 aromatic carbocycles. The second-order valence-electron chi connectivity index (χ2n) is 7.33. The Balaban J connectivity index is 1.84. The molecule has 3 aromatic rings. The Hall–Kier alpha value is -3.66. The normalized spacial score (nSPS) is 11.7. The maximum absolute atomic E-state index is 13.0. The summed E-state index contributed by atoms with van der Waals surface area (Å²) < 4.78 is 1.79. The largest absolute Gasteiger partial charge is 0.368 e. The van der Waals surface area contributed by atoms with Crippen LogP contribution in [0.25, 0.3) is 10.9 Å². The zero-order valence-corrected chi connectivity index (χ0v) is 17.0. The Morgan fingerprint density at radius 2 is 1.97 bits per heavy atom. The van der Waals surface area contributed by atoms with Gasteiger partial charge in [0.05, 0.1) is 11.6 Å². The zero-order chi connectivity index (χ0) is 21.5. The quantitative estimate of drug-likeness (QED) is 0.535. The number of hydrogen-bond acceptors (Lipinski definition) is 4. The molecule has 3 N–H and O–H groups in total. The molecule has 7 nitrogen and oxygen atoms in total. The predicted octanol–water partition coefficient (Wildman–Crippen LogP) is 2.87. The van der Waals surface area contributed by atoms with E-state index in [1.807, 2.05) is 55.5 Å². The molecule has 154 valence electrons. The van der Waals surface area contributed by atoms with Crippen molar-refractivity contribution in [2.45, 2.75) is 45.2 Å². The van der Waals surface area contributed by atoms with Gasteiger partial charge in [0.15, 0.2) is 5.69 Å². The van der Waals surface area contributed by atoms with Crippen molar-refractivity contribution in [2.24, 2.45) is 5.73 Å². The van der Waals surface area contributed by atoms with Gasteiger partial charge in [-0.05, 0) is 37.5 Å². The number of hydrogen-bond donors (Lipinski definition) is 2. The number of fused-ring (bicyclic) bond motifs is 1. The molecule has 0 saturated carbocycles. The van der Waals surface area contributed by atoms with Gasteiger partial charge in [-0.25, -0.2) is 0 Å². The van der Waals surface area contributed by atoms with Crippen molar-refractivity contribution < 1.29 is 9.59 Å². The van der Waals surface area contributed by atoms with Gasteiger partial charge in [-0.2, -0.15) is 10.4 Å². The van der Waals surface area contributed by atoms with E-state index in [-0.39, 0.29) is 5.69 Å². The smallest absolute Gasteiger partial charge is 0.273 e. The summed E-state index contributed by atoms with van der Waals surface area (Å²) in [6.07, 6.45) is 2.36. The van der Waals surface area contributed by atoms with Gasteiger partial charge in [0, 0.05) is 24.8 Å². The second-order valence-corrected chi connectivity index (χ2v) is 7.33. The van der Waals surface area contributed by atoms with Crippen LogP contribution in [-0.2, 0) is 17.8 Å². The molecule has 0 unspecified atom stereocenters. The molecule has 0 fully saturated rings. The van der Waals surface area contributed by atoms with E-state index >= 15 is 0 Å². The number of nitrogens with two attached hydrogens (primary N) is 1. The summed E-state index contributed by atoms with van der Waals surface area (Å²) >= 11 is 0. The van der Waals surface area contributed by atoms with Crippen LogP contribution < -0.4 is 11.1 Å². The molecule has 0 aliphatic rings. The number of aryl methyl sites for hydroxylation is 2. The first-order valence-corrected chi connectivity index (χ1v) is 9.98. The lowest BCUT2D eigenvalue weighted by molar-refractivity contribution is -0.119. The standard InChI is InChI=1S/C23H25N5O2/c1-16-10-11-20-18(14-16)21(27-28(20)13-7-3-6-12-24)23(30)26-19(22(25)29)15-17-8-4-2-5-9-17/h2,4-5,8-11,14,19H,3,6-7,13,15H2,1H3,(H2,25,29)(H,26,30)/t19-/m0/s1. The summed E-state index contributed by atoms with van der Waals surface area (Å²) in [6.45, 7) is 2.56. The van der Waals surface area contributed by atoms with E-state index in [1.165, 1.54) is 0 Å². The van der Waals surface area contributed by atoms with Crippen LogP contribution in [0.1, 0.15) is 40.9 Å². The van der Waals surface area contributed by atoms with Crippen LogP contribution in [-0.4, -0.2) is 27.6 Å². The molecule has 0 radical (unpaired) electrons. The van der Waals surface area contributed by atoms with Crippen molar-refractivity contribution in [3.05, 3.63) is 65.4 Å². The van der Waals surface area contributed by atoms with Crippen LogP contribution in [0.5, 0.6) is 0 Å². The molecular weight excluding hydrogens is 378 g/mol. The molecule has 0 saturated heterocycles. The van der Waals surface area contributed by atoms with Crippen LogP contribution in [0, 0.1) is 18.3 Å².